The van der Waals surface area contributed by atoms with Crippen molar-refractivity contribution in [1.29, 1.82) is 0 Å². The number of nitrogens with one attached hydrogen (secondary N) is 1. The molecule has 118 valence electrons. The van der Waals surface area contributed by atoms with Crippen LogP contribution in [0.4, 0.5) is 24.5 Å². The molecule has 2 aromatic carbocycles. The zero-order chi connectivity index (χ0) is 16.4. The average molecular weight is 318 g/mol. The molecule has 0 aliphatic rings. The van der Waals surface area contributed by atoms with Gasteiger partial charge in [0.25, 0.3) is 0 Å². The number of benzene rings is 2. The summed E-state index contributed by atoms with van der Waals surface area (Å²) in [6.45, 7) is 0. The van der Waals surface area contributed by atoms with Gasteiger partial charge in [-0.3, -0.25) is 4.98 Å². The first-order valence-electron chi connectivity index (χ1n) is 6.84. The summed E-state index contributed by atoms with van der Waals surface area (Å²) in [5.74, 6) is 0.727. The van der Waals surface area contributed by atoms with Crippen LogP contribution in [0.25, 0.3) is 10.9 Å². The summed E-state index contributed by atoms with van der Waals surface area (Å²) in [6.07, 6.45) is -2.90. The molecule has 0 saturated heterocycles. The summed E-state index contributed by atoms with van der Waals surface area (Å²) in [4.78, 5) is 4.03. The van der Waals surface area contributed by atoms with Gasteiger partial charge in [-0.1, -0.05) is 6.07 Å². The SMILES string of the molecule is COc1ccc(Nc2ccnc3cc(C(F)(F)F)ccc23)cc1. The number of ether oxygens (including phenoxy) is 1. The highest BCUT2D eigenvalue weighted by molar-refractivity contribution is 5.93. The molecule has 0 aliphatic carbocycles. The molecule has 1 aromatic heterocycles. The second-order valence-electron chi connectivity index (χ2n) is 4.94. The van der Waals surface area contributed by atoms with Crippen molar-refractivity contribution < 1.29 is 17.9 Å². The van der Waals surface area contributed by atoms with E-state index in [0.29, 0.717) is 16.6 Å². The molecule has 0 unspecified atom stereocenters. The highest BCUT2D eigenvalue weighted by atomic mass is 19.4. The molecule has 0 radical (unpaired) electrons. The number of rotatable bonds is 3. The van der Waals surface area contributed by atoms with Gasteiger partial charge >= 0.3 is 6.18 Å². The summed E-state index contributed by atoms with van der Waals surface area (Å²) >= 11 is 0. The molecule has 0 bridgehead atoms. The normalized spacial score (nSPS) is 11.5. The number of pyridine rings is 1. The number of anilines is 2. The summed E-state index contributed by atoms with van der Waals surface area (Å²) in [6, 6.07) is 12.5. The molecule has 0 amide bonds. The summed E-state index contributed by atoms with van der Waals surface area (Å²) < 4.78 is 43.4. The number of methoxy groups -OCH3 is 1. The Hall–Kier alpha value is -2.76. The maximum Gasteiger partial charge on any atom is 0.416 e. The predicted octanol–water partition coefficient (Wildman–Crippen LogP) is 5.01. The number of fused-ring (bicyclic) bond motifs is 1. The quantitative estimate of drug-likeness (QED) is 0.737. The van der Waals surface area contributed by atoms with Crippen molar-refractivity contribution in [3.63, 3.8) is 0 Å². The van der Waals surface area contributed by atoms with E-state index in [2.05, 4.69) is 10.3 Å². The van der Waals surface area contributed by atoms with Crippen LogP contribution >= 0.6 is 0 Å². The van der Waals surface area contributed by atoms with Gasteiger partial charge in [-0.15, -0.1) is 0 Å². The number of hydrogen-bond donors (Lipinski definition) is 1. The topological polar surface area (TPSA) is 34.1 Å². The lowest BCUT2D eigenvalue weighted by Crippen LogP contribution is -2.04. The third kappa shape index (κ3) is 3.21. The Morgan fingerprint density at radius 2 is 1.74 bits per heavy atom. The third-order valence-corrected chi connectivity index (χ3v) is 3.44. The number of alkyl halides is 3. The minimum Gasteiger partial charge on any atom is -0.497 e. The lowest BCUT2D eigenvalue weighted by atomic mass is 10.1. The van der Waals surface area contributed by atoms with Crippen LogP contribution in [0.5, 0.6) is 5.75 Å². The predicted molar refractivity (Wildman–Crippen MR) is 83.0 cm³/mol. The van der Waals surface area contributed by atoms with Crippen LogP contribution in [-0.4, -0.2) is 12.1 Å². The van der Waals surface area contributed by atoms with Crippen LogP contribution in [0, 0.1) is 0 Å². The van der Waals surface area contributed by atoms with E-state index in [9.17, 15) is 13.2 Å². The maximum absolute atomic E-state index is 12.8. The zero-order valence-electron chi connectivity index (χ0n) is 12.2. The van der Waals surface area contributed by atoms with Gasteiger partial charge < -0.3 is 10.1 Å². The van der Waals surface area contributed by atoms with Crippen LogP contribution in [0.3, 0.4) is 0 Å². The molecule has 1 N–H and O–H groups in total. The molecular formula is C17H13F3N2O. The van der Waals surface area contributed by atoms with E-state index in [4.69, 9.17) is 4.74 Å². The Morgan fingerprint density at radius 1 is 1.00 bits per heavy atom. The highest BCUT2D eigenvalue weighted by Crippen LogP contribution is 2.33. The Morgan fingerprint density at radius 3 is 2.39 bits per heavy atom. The Kier molecular flexibility index (Phi) is 3.82. The monoisotopic (exact) mass is 318 g/mol. The molecule has 3 nitrogen and oxygen atoms in total. The van der Waals surface area contributed by atoms with Gasteiger partial charge in [0.15, 0.2) is 0 Å². The lowest BCUT2D eigenvalue weighted by Gasteiger charge is -2.12. The first-order chi connectivity index (χ1) is 11.0. The second-order valence-corrected chi connectivity index (χ2v) is 4.94. The van der Waals surface area contributed by atoms with Crippen molar-refractivity contribution in [2.24, 2.45) is 0 Å². The third-order valence-electron chi connectivity index (χ3n) is 3.44. The van der Waals surface area contributed by atoms with Crippen LogP contribution in [0.1, 0.15) is 5.56 Å². The van der Waals surface area contributed by atoms with Gasteiger partial charge in [-0.2, -0.15) is 13.2 Å². The van der Waals surface area contributed by atoms with Gasteiger partial charge in [-0.05, 0) is 42.5 Å². The highest BCUT2D eigenvalue weighted by Gasteiger charge is 2.30. The molecule has 0 fully saturated rings. The van der Waals surface area contributed by atoms with E-state index in [-0.39, 0.29) is 0 Å². The standard InChI is InChI=1S/C17H13F3N2O/c1-23-13-5-3-12(4-6-13)22-15-8-9-21-16-10-11(17(18,19)20)2-7-14(15)16/h2-10H,1H3,(H,21,22). The summed E-state index contributed by atoms with van der Waals surface area (Å²) in [5, 5.41) is 3.80. The molecular weight excluding hydrogens is 305 g/mol. The van der Waals surface area contributed by atoms with Crippen molar-refractivity contribution in [1.82, 2.24) is 4.98 Å². The number of hydrogen-bond acceptors (Lipinski definition) is 3. The molecule has 3 rings (SSSR count). The Bertz CT molecular complexity index is 829. The summed E-state index contributed by atoms with van der Waals surface area (Å²) in [7, 11) is 1.58. The van der Waals surface area contributed by atoms with Gasteiger partial charge in [0.2, 0.25) is 0 Å². The van der Waals surface area contributed by atoms with Crippen LogP contribution < -0.4 is 10.1 Å². The molecule has 0 spiro atoms. The Labute approximate surface area is 130 Å². The molecule has 0 saturated carbocycles. The molecule has 6 heteroatoms. The molecule has 1 heterocycles. The van der Waals surface area contributed by atoms with E-state index in [1.807, 2.05) is 12.1 Å². The minimum atomic E-state index is -4.38. The molecule has 3 aromatic rings. The fourth-order valence-corrected chi connectivity index (χ4v) is 2.26. The van der Waals surface area contributed by atoms with E-state index in [1.165, 1.54) is 12.3 Å². The fourth-order valence-electron chi connectivity index (χ4n) is 2.26. The first kappa shape index (κ1) is 15.1. The van der Waals surface area contributed by atoms with Crippen molar-refractivity contribution >= 4 is 22.3 Å². The zero-order valence-corrected chi connectivity index (χ0v) is 12.2. The van der Waals surface area contributed by atoms with Crippen LogP contribution in [0.15, 0.2) is 54.7 Å². The van der Waals surface area contributed by atoms with E-state index in [0.717, 1.165) is 23.6 Å². The van der Waals surface area contributed by atoms with E-state index >= 15 is 0 Å². The molecule has 0 aliphatic heterocycles. The fraction of sp³-hybridized carbons (Fsp3) is 0.118. The lowest BCUT2D eigenvalue weighted by molar-refractivity contribution is -0.137. The van der Waals surface area contributed by atoms with Crippen molar-refractivity contribution in [2.45, 2.75) is 6.18 Å². The minimum absolute atomic E-state index is 0.290. The maximum atomic E-state index is 12.8. The van der Waals surface area contributed by atoms with Crippen LogP contribution in [0.2, 0.25) is 0 Å². The van der Waals surface area contributed by atoms with E-state index in [1.54, 1.807) is 25.3 Å². The average Bonchev–Trinajstić information content (AvgIpc) is 2.54. The van der Waals surface area contributed by atoms with Crippen molar-refractivity contribution in [3.8, 4) is 5.75 Å². The summed E-state index contributed by atoms with van der Waals surface area (Å²) in [5.41, 5.74) is 1.07. The first-order valence-corrected chi connectivity index (χ1v) is 6.84. The number of aromatic nitrogens is 1. The van der Waals surface area contributed by atoms with Gasteiger partial charge in [0.05, 0.1) is 18.2 Å². The number of halogens is 3. The smallest absolute Gasteiger partial charge is 0.416 e. The molecule has 0 atom stereocenters. The second kappa shape index (κ2) is 5.79. The van der Waals surface area contributed by atoms with Crippen LogP contribution in [-0.2, 0) is 6.18 Å². The largest absolute Gasteiger partial charge is 0.497 e. The van der Waals surface area contributed by atoms with Gasteiger partial charge in [0, 0.05) is 23.0 Å². The van der Waals surface area contributed by atoms with E-state index < -0.39 is 11.7 Å². The van der Waals surface area contributed by atoms with Crippen molar-refractivity contribution in [3.05, 3.63) is 60.3 Å². The Balaban J connectivity index is 1.97. The number of nitrogens with zero attached hydrogens (tertiary/aromatic N) is 1. The van der Waals surface area contributed by atoms with Gasteiger partial charge in [-0.25, -0.2) is 0 Å². The van der Waals surface area contributed by atoms with Gasteiger partial charge in [0.1, 0.15) is 5.75 Å². The molecule has 23 heavy (non-hydrogen) atoms. The van der Waals surface area contributed by atoms with Crippen molar-refractivity contribution in [2.75, 3.05) is 12.4 Å².